The zero-order valence-electron chi connectivity index (χ0n) is 17.8. The quantitative estimate of drug-likeness (QED) is 0.468. The second-order valence-corrected chi connectivity index (χ2v) is 10.6. The summed E-state index contributed by atoms with van der Waals surface area (Å²) >= 11 is 0. The van der Waals surface area contributed by atoms with Crippen LogP contribution in [0.15, 0.2) is 23.7 Å². The molecule has 0 unspecified atom stereocenters. The SMILES string of the molecule is CC(C)(C)C=C(OC(=CC(C)(C)C)C1CCCCC1)C1CCCCC1. The Morgan fingerprint density at radius 2 is 0.920 bits per heavy atom. The Balaban J connectivity index is 2.26. The van der Waals surface area contributed by atoms with Crippen LogP contribution >= 0.6 is 0 Å². The Bertz CT molecular complexity index is 413. The minimum Gasteiger partial charge on any atom is -0.466 e. The van der Waals surface area contributed by atoms with Crippen molar-refractivity contribution in [3.63, 3.8) is 0 Å². The Kier molecular flexibility index (Phi) is 7.23. The first kappa shape index (κ1) is 20.6. The van der Waals surface area contributed by atoms with Crippen LogP contribution in [-0.4, -0.2) is 0 Å². The third kappa shape index (κ3) is 7.59. The van der Waals surface area contributed by atoms with Crippen molar-refractivity contribution in [1.82, 2.24) is 0 Å². The van der Waals surface area contributed by atoms with Crippen LogP contribution in [0, 0.1) is 22.7 Å². The number of rotatable bonds is 4. The molecule has 0 aromatic rings. The highest BCUT2D eigenvalue weighted by atomic mass is 16.5. The molecular weight excluding hydrogens is 304 g/mol. The third-order valence-electron chi connectivity index (χ3n) is 5.40. The summed E-state index contributed by atoms with van der Waals surface area (Å²) in [6, 6.07) is 0. The summed E-state index contributed by atoms with van der Waals surface area (Å²) in [5, 5.41) is 0. The molecule has 2 aliphatic carbocycles. The predicted molar refractivity (Wildman–Crippen MR) is 109 cm³/mol. The Morgan fingerprint density at radius 3 is 1.20 bits per heavy atom. The molecule has 0 saturated heterocycles. The van der Waals surface area contributed by atoms with Crippen LogP contribution in [0.5, 0.6) is 0 Å². The van der Waals surface area contributed by atoms with E-state index in [1.54, 1.807) is 0 Å². The van der Waals surface area contributed by atoms with E-state index in [1.165, 1.54) is 75.7 Å². The fourth-order valence-electron chi connectivity index (χ4n) is 4.23. The van der Waals surface area contributed by atoms with Gasteiger partial charge in [-0.25, -0.2) is 0 Å². The van der Waals surface area contributed by atoms with Gasteiger partial charge in [0.2, 0.25) is 0 Å². The van der Waals surface area contributed by atoms with E-state index in [2.05, 4.69) is 53.7 Å². The van der Waals surface area contributed by atoms with E-state index in [-0.39, 0.29) is 10.8 Å². The van der Waals surface area contributed by atoms with E-state index < -0.39 is 0 Å². The molecular formula is C24H42O. The molecule has 0 aromatic carbocycles. The molecule has 0 N–H and O–H groups in total. The zero-order valence-corrected chi connectivity index (χ0v) is 17.8. The van der Waals surface area contributed by atoms with Crippen LogP contribution in [-0.2, 0) is 4.74 Å². The average Bonchev–Trinajstić information content (AvgIpc) is 2.53. The number of hydrogen-bond acceptors (Lipinski definition) is 1. The van der Waals surface area contributed by atoms with Gasteiger partial charge in [0.1, 0.15) is 11.5 Å². The van der Waals surface area contributed by atoms with Crippen molar-refractivity contribution in [2.24, 2.45) is 22.7 Å². The molecule has 0 heterocycles. The van der Waals surface area contributed by atoms with Gasteiger partial charge < -0.3 is 4.74 Å². The van der Waals surface area contributed by atoms with Gasteiger partial charge in [-0.15, -0.1) is 0 Å². The maximum Gasteiger partial charge on any atom is 0.103 e. The lowest BCUT2D eigenvalue weighted by Gasteiger charge is -2.32. The maximum atomic E-state index is 6.80. The molecule has 1 nitrogen and oxygen atoms in total. The molecule has 2 saturated carbocycles. The molecule has 0 amide bonds. The number of allylic oxidation sites excluding steroid dienone is 4. The van der Waals surface area contributed by atoms with E-state index in [0.717, 1.165) is 0 Å². The van der Waals surface area contributed by atoms with Crippen molar-refractivity contribution in [3.05, 3.63) is 23.7 Å². The highest BCUT2D eigenvalue weighted by Gasteiger charge is 2.27. The van der Waals surface area contributed by atoms with E-state index in [1.807, 2.05) is 0 Å². The Hall–Kier alpha value is -0.720. The van der Waals surface area contributed by atoms with Crippen LogP contribution in [0.25, 0.3) is 0 Å². The predicted octanol–water partition coefficient (Wildman–Crippen LogP) is 8.02. The zero-order chi connectivity index (χ0) is 18.5. The first-order chi connectivity index (χ1) is 11.6. The van der Waals surface area contributed by atoms with Gasteiger partial charge in [-0.2, -0.15) is 0 Å². The smallest absolute Gasteiger partial charge is 0.103 e. The van der Waals surface area contributed by atoms with Crippen molar-refractivity contribution < 1.29 is 4.74 Å². The van der Waals surface area contributed by atoms with Crippen molar-refractivity contribution in [2.45, 2.75) is 106 Å². The molecule has 0 spiro atoms. The monoisotopic (exact) mass is 346 g/mol. The molecule has 2 fully saturated rings. The normalized spacial score (nSPS) is 23.0. The lowest BCUT2D eigenvalue weighted by atomic mass is 9.83. The molecule has 25 heavy (non-hydrogen) atoms. The molecule has 0 bridgehead atoms. The highest BCUT2D eigenvalue weighted by molar-refractivity contribution is 5.13. The largest absolute Gasteiger partial charge is 0.466 e. The van der Waals surface area contributed by atoms with Gasteiger partial charge in [-0.05, 0) is 48.7 Å². The summed E-state index contributed by atoms with van der Waals surface area (Å²) in [5.41, 5.74) is 0.346. The van der Waals surface area contributed by atoms with Gasteiger partial charge >= 0.3 is 0 Å². The van der Waals surface area contributed by atoms with Crippen LogP contribution in [0.4, 0.5) is 0 Å². The molecule has 2 aliphatic rings. The summed E-state index contributed by atoms with van der Waals surface area (Å²) in [5.74, 6) is 3.79. The van der Waals surface area contributed by atoms with E-state index in [9.17, 15) is 0 Å². The van der Waals surface area contributed by atoms with E-state index >= 15 is 0 Å². The van der Waals surface area contributed by atoms with Crippen LogP contribution in [0.1, 0.15) is 106 Å². The van der Waals surface area contributed by atoms with Crippen molar-refractivity contribution in [2.75, 3.05) is 0 Å². The van der Waals surface area contributed by atoms with Gasteiger partial charge in [0, 0.05) is 11.8 Å². The van der Waals surface area contributed by atoms with Crippen molar-refractivity contribution in [1.29, 1.82) is 0 Å². The summed E-state index contributed by atoms with van der Waals surface area (Å²) in [7, 11) is 0. The summed E-state index contributed by atoms with van der Waals surface area (Å²) in [6.45, 7) is 13.8. The molecule has 144 valence electrons. The van der Waals surface area contributed by atoms with Crippen molar-refractivity contribution in [3.8, 4) is 0 Å². The summed E-state index contributed by atoms with van der Waals surface area (Å²) in [4.78, 5) is 0. The first-order valence-electron chi connectivity index (χ1n) is 10.8. The molecule has 0 radical (unpaired) electrons. The van der Waals surface area contributed by atoms with Crippen molar-refractivity contribution >= 4 is 0 Å². The third-order valence-corrected chi connectivity index (χ3v) is 5.40. The topological polar surface area (TPSA) is 9.23 Å². The fraction of sp³-hybridized carbons (Fsp3) is 0.833. The van der Waals surface area contributed by atoms with Gasteiger partial charge in [0.25, 0.3) is 0 Å². The lowest BCUT2D eigenvalue weighted by molar-refractivity contribution is 0.170. The standard InChI is InChI=1S/C24H42O/c1-23(2,3)17-21(19-13-9-7-10-14-19)25-22(18-24(4,5)6)20-15-11-8-12-16-20/h17-20H,7-16H2,1-6H3. The first-order valence-corrected chi connectivity index (χ1v) is 10.8. The highest BCUT2D eigenvalue weighted by Crippen LogP contribution is 2.39. The van der Waals surface area contributed by atoms with Gasteiger partial charge in [0.15, 0.2) is 0 Å². The van der Waals surface area contributed by atoms with Crippen LogP contribution in [0.3, 0.4) is 0 Å². The van der Waals surface area contributed by atoms with E-state index in [0.29, 0.717) is 11.8 Å². The summed E-state index contributed by atoms with van der Waals surface area (Å²) in [6.07, 6.45) is 18.3. The molecule has 0 atom stereocenters. The average molecular weight is 347 g/mol. The van der Waals surface area contributed by atoms with Gasteiger partial charge in [0.05, 0.1) is 0 Å². The number of ether oxygens (including phenoxy) is 1. The van der Waals surface area contributed by atoms with Gasteiger partial charge in [-0.1, -0.05) is 80.1 Å². The van der Waals surface area contributed by atoms with E-state index in [4.69, 9.17) is 4.74 Å². The second kappa shape index (κ2) is 8.78. The van der Waals surface area contributed by atoms with Crippen LogP contribution < -0.4 is 0 Å². The Labute approximate surface area is 157 Å². The van der Waals surface area contributed by atoms with Gasteiger partial charge in [-0.3, -0.25) is 0 Å². The molecule has 0 aromatic heterocycles. The summed E-state index contributed by atoms with van der Waals surface area (Å²) < 4.78 is 6.80. The minimum absolute atomic E-state index is 0.173. The Morgan fingerprint density at radius 1 is 0.600 bits per heavy atom. The fourth-order valence-corrected chi connectivity index (χ4v) is 4.23. The number of hydrogen-bond donors (Lipinski definition) is 0. The lowest BCUT2D eigenvalue weighted by Crippen LogP contribution is -2.19. The maximum absolute atomic E-state index is 6.80. The molecule has 2 rings (SSSR count). The minimum atomic E-state index is 0.173. The second-order valence-electron chi connectivity index (χ2n) is 10.6. The molecule has 0 aliphatic heterocycles. The molecule has 1 heteroatoms. The van der Waals surface area contributed by atoms with Crippen LogP contribution in [0.2, 0.25) is 0 Å².